The summed E-state index contributed by atoms with van der Waals surface area (Å²) in [6, 6.07) is 8.94. The zero-order chi connectivity index (χ0) is 19.9. The average Bonchev–Trinajstić information content (AvgIpc) is 2.69. The van der Waals surface area contributed by atoms with Gasteiger partial charge in [0.15, 0.2) is 0 Å². The Kier molecular flexibility index (Phi) is 8.28. The molecule has 0 heterocycles. The van der Waals surface area contributed by atoms with Crippen LogP contribution in [0, 0.1) is 0 Å². The Balaban J connectivity index is 2.27. The molecule has 1 aromatic rings. The molecule has 4 nitrogen and oxygen atoms in total. The van der Waals surface area contributed by atoms with Crippen molar-refractivity contribution in [1.29, 1.82) is 0 Å². The maximum Gasteiger partial charge on any atom is 0.344 e. The second-order valence-corrected chi connectivity index (χ2v) is 8.86. The molecule has 2 rings (SSSR count). The van der Waals surface area contributed by atoms with Gasteiger partial charge in [-0.25, -0.2) is 4.79 Å². The van der Waals surface area contributed by atoms with E-state index in [1.165, 1.54) is 0 Å². The van der Waals surface area contributed by atoms with Gasteiger partial charge in [0.05, 0.1) is 4.83 Å². The summed E-state index contributed by atoms with van der Waals surface area (Å²) in [6.07, 6.45) is 8.40. The molecule has 1 N–H and O–H groups in total. The molecule has 0 aromatic heterocycles. The molecular weight excluding hydrogens is 474 g/mol. The van der Waals surface area contributed by atoms with Crippen molar-refractivity contribution in [3.8, 4) is 0 Å². The number of nitrogens with zero attached hydrogens (tertiary/aromatic N) is 1. The fourth-order valence-corrected chi connectivity index (χ4v) is 4.56. The number of ether oxygens (including phenoxy) is 1. The van der Waals surface area contributed by atoms with Crippen LogP contribution < -0.4 is 0 Å². The van der Waals surface area contributed by atoms with Gasteiger partial charge in [0.1, 0.15) is 10.9 Å². The van der Waals surface area contributed by atoms with Crippen molar-refractivity contribution in [3.63, 3.8) is 0 Å². The van der Waals surface area contributed by atoms with Crippen molar-refractivity contribution in [1.82, 2.24) is 4.90 Å². The Morgan fingerprint density at radius 3 is 2.56 bits per heavy atom. The standard InChI is InChI=1S/C21H27Br2NO3/c1-3-14-24(4-2)15-16-27-19(25)21(26,17-10-6-5-7-11-17)20(23)13-9-8-12-18(20)22/h5-13,18,26H,3-4,14-16H2,1-2H3/t18-,20-,21-/m1/s1. The molecule has 27 heavy (non-hydrogen) atoms. The summed E-state index contributed by atoms with van der Waals surface area (Å²) in [5.74, 6) is -0.664. The Labute approximate surface area is 178 Å². The van der Waals surface area contributed by atoms with E-state index in [4.69, 9.17) is 4.74 Å². The number of halogens is 2. The largest absolute Gasteiger partial charge is 0.462 e. The first-order valence-electron chi connectivity index (χ1n) is 9.26. The van der Waals surface area contributed by atoms with E-state index < -0.39 is 15.9 Å². The van der Waals surface area contributed by atoms with Gasteiger partial charge in [-0.1, -0.05) is 100 Å². The van der Waals surface area contributed by atoms with Gasteiger partial charge in [0.2, 0.25) is 5.60 Å². The van der Waals surface area contributed by atoms with E-state index in [1.807, 2.05) is 24.3 Å². The number of esters is 1. The topological polar surface area (TPSA) is 49.8 Å². The van der Waals surface area contributed by atoms with Gasteiger partial charge in [-0.15, -0.1) is 0 Å². The monoisotopic (exact) mass is 499 g/mol. The van der Waals surface area contributed by atoms with E-state index in [1.54, 1.807) is 30.3 Å². The molecule has 0 saturated carbocycles. The molecule has 6 heteroatoms. The Morgan fingerprint density at radius 2 is 1.96 bits per heavy atom. The highest BCUT2D eigenvalue weighted by Crippen LogP contribution is 2.48. The first-order chi connectivity index (χ1) is 12.9. The molecule has 0 bridgehead atoms. The van der Waals surface area contributed by atoms with Crippen molar-refractivity contribution in [3.05, 3.63) is 60.2 Å². The maximum atomic E-state index is 13.1. The normalized spacial score (nSPS) is 24.0. The third-order valence-corrected chi connectivity index (χ3v) is 7.77. The number of alkyl halides is 2. The quantitative estimate of drug-likeness (QED) is 0.408. The lowest BCUT2D eigenvalue weighted by Crippen LogP contribution is -2.57. The number of hydrogen-bond acceptors (Lipinski definition) is 4. The van der Waals surface area contributed by atoms with Crippen LogP contribution in [0.2, 0.25) is 0 Å². The molecule has 148 valence electrons. The van der Waals surface area contributed by atoms with E-state index in [0.717, 1.165) is 19.5 Å². The minimum absolute atomic E-state index is 0.234. The van der Waals surface area contributed by atoms with Crippen LogP contribution in [-0.2, 0) is 15.1 Å². The summed E-state index contributed by atoms with van der Waals surface area (Å²) in [4.78, 5) is 15.1. The zero-order valence-corrected chi connectivity index (χ0v) is 18.9. The maximum absolute atomic E-state index is 13.1. The summed E-state index contributed by atoms with van der Waals surface area (Å²) in [5.41, 5.74) is -1.40. The highest BCUT2D eigenvalue weighted by molar-refractivity contribution is 9.12. The number of hydrogen-bond donors (Lipinski definition) is 1. The van der Waals surface area contributed by atoms with E-state index in [2.05, 4.69) is 50.6 Å². The third-order valence-electron chi connectivity index (χ3n) is 4.80. The van der Waals surface area contributed by atoms with Crippen molar-refractivity contribution in [2.75, 3.05) is 26.2 Å². The highest BCUT2D eigenvalue weighted by atomic mass is 79.9. The highest BCUT2D eigenvalue weighted by Gasteiger charge is 2.58. The Morgan fingerprint density at radius 1 is 1.26 bits per heavy atom. The van der Waals surface area contributed by atoms with Gasteiger partial charge in [-0.2, -0.15) is 0 Å². The fraction of sp³-hybridized carbons (Fsp3) is 0.476. The van der Waals surface area contributed by atoms with Crippen molar-refractivity contribution in [2.24, 2.45) is 0 Å². The van der Waals surface area contributed by atoms with Crippen LogP contribution >= 0.6 is 31.9 Å². The molecule has 3 atom stereocenters. The second kappa shape index (κ2) is 10.0. The van der Waals surface area contributed by atoms with Crippen molar-refractivity contribution >= 4 is 37.8 Å². The number of allylic oxidation sites excluding steroid dienone is 3. The number of aliphatic hydroxyl groups is 1. The van der Waals surface area contributed by atoms with E-state index >= 15 is 0 Å². The Bertz CT molecular complexity index is 679. The number of carbonyl (C=O) groups is 1. The van der Waals surface area contributed by atoms with Gasteiger partial charge < -0.3 is 14.7 Å². The lowest BCUT2D eigenvalue weighted by Gasteiger charge is -2.43. The van der Waals surface area contributed by atoms with E-state index in [0.29, 0.717) is 12.1 Å². The molecule has 0 fully saturated rings. The summed E-state index contributed by atoms with van der Waals surface area (Å²) in [6.45, 7) is 6.93. The summed E-state index contributed by atoms with van der Waals surface area (Å²) < 4.78 is 4.50. The van der Waals surface area contributed by atoms with Crippen LogP contribution in [0.25, 0.3) is 0 Å². The van der Waals surface area contributed by atoms with E-state index in [9.17, 15) is 9.90 Å². The molecule has 1 aliphatic rings. The Hall–Kier alpha value is -0.950. The van der Waals surface area contributed by atoms with Gasteiger partial charge in [0.25, 0.3) is 0 Å². The van der Waals surface area contributed by atoms with Crippen LogP contribution in [0.4, 0.5) is 0 Å². The third kappa shape index (κ3) is 4.73. The minimum Gasteiger partial charge on any atom is -0.462 e. The second-order valence-electron chi connectivity index (χ2n) is 6.56. The summed E-state index contributed by atoms with van der Waals surface area (Å²) in [7, 11) is 0. The van der Waals surface area contributed by atoms with E-state index in [-0.39, 0.29) is 11.4 Å². The lowest BCUT2D eigenvalue weighted by molar-refractivity contribution is -0.169. The average molecular weight is 501 g/mol. The summed E-state index contributed by atoms with van der Waals surface area (Å²) in [5, 5.41) is 11.7. The van der Waals surface area contributed by atoms with Gasteiger partial charge in [-0.05, 0) is 25.1 Å². The first kappa shape index (κ1) is 22.3. The molecule has 0 radical (unpaired) electrons. The van der Waals surface area contributed by atoms with Gasteiger partial charge in [-0.3, -0.25) is 0 Å². The number of benzene rings is 1. The van der Waals surface area contributed by atoms with Crippen LogP contribution in [0.3, 0.4) is 0 Å². The van der Waals surface area contributed by atoms with Gasteiger partial charge >= 0.3 is 5.97 Å². The van der Waals surface area contributed by atoms with Crippen LogP contribution in [0.15, 0.2) is 54.6 Å². The number of rotatable bonds is 9. The number of carbonyl (C=O) groups excluding carboxylic acids is 1. The SMILES string of the molecule is CCCN(CC)CCOC(=O)[C@](O)(c1ccccc1)[C@@]1(Br)C=CC=C[C@H]1Br. The number of likely N-dealkylation sites (N-methyl/N-ethyl adjacent to an activating group) is 1. The van der Waals surface area contributed by atoms with Crippen LogP contribution in [0.1, 0.15) is 25.8 Å². The van der Waals surface area contributed by atoms with Crippen molar-refractivity contribution < 1.29 is 14.6 Å². The predicted molar refractivity (Wildman–Crippen MR) is 116 cm³/mol. The molecule has 0 amide bonds. The first-order valence-corrected chi connectivity index (χ1v) is 11.0. The molecular formula is C21H27Br2NO3. The summed E-state index contributed by atoms with van der Waals surface area (Å²) >= 11 is 7.21. The fourth-order valence-electron chi connectivity index (χ4n) is 3.20. The lowest BCUT2D eigenvalue weighted by atomic mass is 9.77. The smallest absolute Gasteiger partial charge is 0.344 e. The van der Waals surface area contributed by atoms with Gasteiger partial charge in [0, 0.05) is 6.54 Å². The molecule has 0 aliphatic heterocycles. The molecule has 0 spiro atoms. The molecule has 1 aliphatic carbocycles. The van der Waals surface area contributed by atoms with Crippen molar-refractivity contribution in [2.45, 2.75) is 35.0 Å². The molecule has 1 aromatic carbocycles. The zero-order valence-electron chi connectivity index (χ0n) is 15.8. The van der Waals surface area contributed by atoms with Crippen LogP contribution in [0.5, 0.6) is 0 Å². The molecule has 0 unspecified atom stereocenters. The molecule has 0 saturated heterocycles. The predicted octanol–water partition coefficient (Wildman–Crippen LogP) is 4.17. The minimum atomic E-state index is -1.88. The van der Waals surface area contributed by atoms with Crippen LogP contribution in [-0.4, -0.2) is 51.4 Å².